The lowest BCUT2D eigenvalue weighted by atomic mass is 10.1. The first kappa shape index (κ1) is 13.1. The number of nitrogens with one attached hydrogen (secondary N) is 1. The highest BCUT2D eigenvalue weighted by molar-refractivity contribution is 9.10. The van der Waals surface area contributed by atoms with E-state index in [1.54, 1.807) is 0 Å². The Hall–Kier alpha value is -1.90. The Balaban J connectivity index is 2.05. The molecule has 0 spiro atoms. The Morgan fingerprint density at radius 1 is 1.20 bits per heavy atom. The average Bonchev–Trinajstić information content (AvgIpc) is 2.76. The number of aromatic nitrogens is 2. The van der Waals surface area contributed by atoms with Crippen LogP contribution in [-0.4, -0.2) is 9.55 Å². The number of benzene rings is 2. The molecule has 3 aromatic rings. The van der Waals surface area contributed by atoms with Crippen LogP contribution in [0.1, 0.15) is 11.1 Å². The number of nitrogens with zero attached hydrogens (tertiary/aromatic N) is 2. The Bertz CT molecular complexity index is 869. The van der Waals surface area contributed by atoms with Crippen LogP contribution in [0.5, 0.6) is 0 Å². The van der Waals surface area contributed by atoms with Gasteiger partial charge >= 0.3 is 0 Å². The second kappa shape index (κ2) is 5.23. The number of H-pyrrole nitrogens is 1. The Morgan fingerprint density at radius 2 is 1.95 bits per heavy atom. The van der Waals surface area contributed by atoms with Gasteiger partial charge in [0.2, 0.25) is 0 Å². The lowest BCUT2D eigenvalue weighted by Crippen LogP contribution is -1.99. The van der Waals surface area contributed by atoms with Crippen molar-refractivity contribution in [3.05, 3.63) is 62.8 Å². The smallest absolute Gasteiger partial charge is 0.178 e. The third-order valence-corrected chi connectivity index (χ3v) is 3.98. The summed E-state index contributed by atoms with van der Waals surface area (Å²) in [6.07, 6.45) is 0. The van der Waals surface area contributed by atoms with E-state index >= 15 is 0 Å². The first-order valence-corrected chi connectivity index (χ1v) is 7.24. The van der Waals surface area contributed by atoms with Gasteiger partial charge in [0.25, 0.3) is 0 Å². The van der Waals surface area contributed by atoms with Crippen LogP contribution in [0.15, 0.2) is 46.9 Å². The van der Waals surface area contributed by atoms with Crippen molar-refractivity contribution in [2.75, 3.05) is 0 Å². The van der Waals surface area contributed by atoms with Crippen LogP contribution in [0, 0.1) is 16.1 Å². The van der Waals surface area contributed by atoms with E-state index < -0.39 is 0 Å². The quantitative estimate of drug-likeness (QED) is 0.701. The molecule has 1 heterocycles. The molecular formula is C15H10BrN3S. The fraction of sp³-hybridized carbons (Fsp3) is 0.0667. The molecule has 20 heavy (non-hydrogen) atoms. The summed E-state index contributed by atoms with van der Waals surface area (Å²) < 4.78 is 3.77. The largest absolute Gasteiger partial charge is 0.331 e. The number of hydrogen-bond acceptors (Lipinski definition) is 2. The molecule has 0 radical (unpaired) electrons. The molecule has 5 heteroatoms. The Morgan fingerprint density at radius 3 is 2.65 bits per heavy atom. The maximum atomic E-state index is 8.82. The van der Waals surface area contributed by atoms with Gasteiger partial charge in [-0.15, -0.1) is 0 Å². The highest BCUT2D eigenvalue weighted by Crippen LogP contribution is 2.20. The first-order valence-electron chi connectivity index (χ1n) is 6.04. The van der Waals surface area contributed by atoms with Gasteiger partial charge in [-0.2, -0.15) is 5.26 Å². The fourth-order valence-corrected chi connectivity index (χ4v) is 2.77. The fourth-order valence-electron chi connectivity index (χ4n) is 2.15. The van der Waals surface area contributed by atoms with Crippen LogP contribution in [0.4, 0.5) is 0 Å². The molecule has 1 aromatic heterocycles. The van der Waals surface area contributed by atoms with Crippen molar-refractivity contribution in [2.24, 2.45) is 0 Å². The number of halogens is 1. The van der Waals surface area contributed by atoms with Crippen LogP contribution in [-0.2, 0) is 6.54 Å². The van der Waals surface area contributed by atoms with Crippen molar-refractivity contribution < 1.29 is 0 Å². The van der Waals surface area contributed by atoms with E-state index in [1.165, 1.54) is 0 Å². The molecule has 2 aromatic carbocycles. The zero-order valence-corrected chi connectivity index (χ0v) is 12.8. The topological polar surface area (TPSA) is 44.5 Å². The normalized spacial score (nSPS) is 10.6. The number of fused-ring (bicyclic) bond motifs is 1. The van der Waals surface area contributed by atoms with E-state index in [4.69, 9.17) is 17.5 Å². The zero-order chi connectivity index (χ0) is 14.1. The Kier molecular flexibility index (Phi) is 3.43. The molecule has 0 saturated heterocycles. The van der Waals surface area contributed by atoms with Crippen molar-refractivity contribution in [1.82, 2.24) is 9.55 Å². The molecule has 0 aliphatic heterocycles. The van der Waals surface area contributed by atoms with Gasteiger partial charge in [0.15, 0.2) is 4.77 Å². The average molecular weight is 344 g/mol. The number of nitriles is 1. The lowest BCUT2D eigenvalue weighted by Gasteiger charge is -2.05. The summed E-state index contributed by atoms with van der Waals surface area (Å²) in [6, 6.07) is 15.7. The standard InChI is InChI=1S/C15H10BrN3S/c16-12-5-6-13-14(7-12)19(15(20)18-13)9-11-3-1-10(8-17)2-4-11/h1-7H,9H2,(H,18,20). The minimum Gasteiger partial charge on any atom is -0.331 e. The van der Waals surface area contributed by atoms with E-state index in [2.05, 4.69) is 31.6 Å². The molecular weight excluding hydrogens is 334 g/mol. The molecule has 0 atom stereocenters. The van der Waals surface area contributed by atoms with Gasteiger partial charge in [0, 0.05) is 4.47 Å². The first-order chi connectivity index (χ1) is 9.67. The van der Waals surface area contributed by atoms with Crippen LogP contribution in [0.25, 0.3) is 11.0 Å². The van der Waals surface area contributed by atoms with Crippen LogP contribution < -0.4 is 0 Å². The number of rotatable bonds is 2. The molecule has 3 nitrogen and oxygen atoms in total. The van der Waals surface area contributed by atoms with E-state index in [9.17, 15) is 0 Å². The molecule has 0 saturated carbocycles. The van der Waals surface area contributed by atoms with Gasteiger partial charge < -0.3 is 9.55 Å². The van der Waals surface area contributed by atoms with Crippen LogP contribution in [0.3, 0.4) is 0 Å². The molecule has 0 bridgehead atoms. The summed E-state index contributed by atoms with van der Waals surface area (Å²) in [6.45, 7) is 0.682. The summed E-state index contributed by atoms with van der Waals surface area (Å²) in [7, 11) is 0. The maximum absolute atomic E-state index is 8.82. The highest BCUT2D eigenvalue weighted by Gasteiger charge is 2.05. The third kappa shape index (κ3) is 2.40. The van der Waals surface area contributed by atoms with Gasteiger partial charge in [0.05, 0.1) is 29.2 Å². The van der Waals surface area contributed by atoms with Crippen LogP contribution in [0.2, 0.25) is 0 Å². The van der Waals surface area contributed by atoms with Gasteiger partial charge in [-0.3, -0.25) is 0 Å². The summed E-state index contributed by atoms with van der Waals surface area (Å²) in [5, 5.41) is 8.82. The van der Waals surface area contributed by atoms with Gasteiger partial charge in [-0.1, -0.05) is 28.1 Å². The molecule has 0 aliphatic rings. The van der Waals surface area contributed by atoms with Gasteiger partial charge in [-0.05, 0) is 48.1 Å². The molecule has 0 amide bonds. The van der Waals surface area contributed by atoms with E-state index in [1.807, 2.05) is 42.5 Å². The van der Waals surface area contributed by atoms with Crippen molar-refractivity contribution in [1.29, 1.82) is 5.26 Å². The molecule has 98 valence electrons. The summed E-state index contributed by atoms with van der Waals surface area (Å²) >= 11 is 8.87. The monoisotopic (exact) mass is 343 g/mol. The van der Waals surface area contributed by atoms with E-state index in [-0.39, 0.29) is 0 Å². The van der Waals surface area contributed by atoms with Crippen molar-refractivity contribution in [3.63, 3.8) is 0 Å². The summed E-state index contributed by atoms with van der Waals surface area (Å²) in [5.74, 6) is 0. The predicted molar refractivity (Wildman–Crippen MR) is 85.1 cm³/mol. The summed E-state index contributed by atoms with van der Waals surface area (Å²) in [5.41, 5.74) is 3.86. The molecule has 0 aliphatic carbocycles. The lowest BCUT2D eigenvalue weighted by molar-refractivity contribution is 0.810. The minimum absolute atomic E-state index is 0.666. The number of aromatic amines is 1. The van der Waals surface area contributed by atoms with E-state index in [0.29, 0.717) is 16.9 Å². The predicted octanol–water partition coefficient (Wildman–Crippen LogP) is 4.38. The molecule has 3 rings (SSSR count). The highest BCUT2D eigenvalue weighted by atomic mass is 79.9. The Labute approximate surface area is 129 Å². The summed E-state index contributed by atoms with van der Waals surface area (Å²) in [4.78, 5) is 3.20. The minimum atomic E-state index is 0.666. The SMILES string of the molecule is N#Cc1ccc(Cn2c(=S)[nH]c3ccc(Br)cc32)cc1. The van der Waals surface area contributed by atoms with Crippen LogP contribution >= 0.6 is 28.1 Å². The van der Waals surface area contributed by atoms with Crippen molar-refractivity contribution in [3.8, 4) is 6.07 Å². The number of hydrogen-bond donors (Lipinski definition) is 1. The maximum Gasteiger partial charge on any atom is 0.178 e. The van der Waals surface area contributed by atoms with Gasteiger partial charge in [0.1, 0.15) is 0 Å². The second-order valence-electron chi connectivity index (χ2n) is 4.49. The van der Waals surface area contributed by atoms with Crippen molar-refractivity contribution in [2.45, 2.75) is 6.54 Å². The van der Waals surface area contributed by atoms with E-state index in [0.717, 1.165) is 21.1 Å². The molecule has 0 fully saturated rings. The zero-order valence-electron chi connectivity index (χ0n) is 10.4. The molecule has 1 N–H and O–H groups in total. The van der Waals surface area contributed by atoms with Crippen molar-refractivity contribution >= 4 is 39.2 Å². The number of imidazole rings is 1. The third-order valence-electron chi connectivity index (χ3n) is 3.16. The second-order valence-corrected chi connectivity index (χ2v) is 5.79. The van der Waals surface area contributed by atoms with Gasteiger partial charge in [-0.25, -0.2) is 0 Å². The molecule has 0 unspecified atom stereocenters.